The highest BCUT2D eigenvalue weighted by molar-refractivity contribution is 5.13. The molecule has 2 rings (SSSR count). The minimum absolute atomic E-state index is 0.607. The lowest BCUT2D eigenvalue weighted by Gasteiger charge is -2.29. The Morgan fingerprint density at radius 3 is 2.85 bits per heavy atom. The number of hydrogen-bond acceptors (Lipinski definition) is 3. The molecule has 13 heavy (non-hydrogen) atoms. The quantitative estimate of drug-likeness (QED) is 0.634. The maximum absolute atomic E-state index is 4.16. The van der Waals surface area contributed by atoms with Gasteiger partial charge < -0.3 is 0 Å². The smallest absolute Gasteiger partial charge is 0.0999 e. The molecule has 0 amide bonds. The van der Waals surface area contributed by atoms with E-state index in [4.69, 9.17) is 0 Å². The summed E-state index contributed by atoms with van der Waals surface area (Å²) < 4.78 is 1.90. The fraction of sp³-hybridized carbons (Fsp3) is 0.778. The van der Waals surface area contributed by atoms with E-state index in [-0.39, 0.29) is 0 Å². The molecule has 1 aliphatic rings. The second kappa shape index (κ2) is 3.10. The van der Waals surface area contributed by atoms with Gasteiger partial charge >= 0.3 is 0 Å². The highest BCUT2D eigenvalue weighted by atomic mass is 15.4. The Kier molecular flexibility index (Phi) is 2.07. The molecule has 0 radical (unpaired) electrons. The SMILES string of the molecule is CC(C)N1CCc2c(nnn2C)C1. The maximum atomic E-state index is 4.16. The van der Waals surface area contributed by atoms with E-state index in [9.17, 15) is 0 Å². The van der Waals surface area contributed by atoms with Crippen LogP contribution < -0.4 is 0 Å². The molecule has 0 N–H and O–H groups in total. The average molecular weight is 180 g/mol. The molecule has 0 aliphatic carbocycles. The monoisotopic (exact) mass is 180 g/mol. The Morgan fingerprint density at radius 2 is 2.15 bits per heavy atom. The summed E-state index contributed by atoms with van der Waals surface area (Å²) in [5, 5.41) is 8.19. The summed E-state index contributed by atoms with van der Waals surface area (Å²) in [6, 6.07) is 0.607. The van der Waals surface area contributed by atoms with E-state index < -0.39 is 0 Å². The van der Waals surface area contributed by atoms with Gasteiger partial charge in [-0.25, -0.2) is 0 Å². The second-order valence-corrected chi connectivity index (χ2v) is 3.92. The zero-order valence-corrected chi connectivity index (χ0v) is 8.49. The molecule has 2 heterocycles. The minimum Gasteiger partial charge on any atom is -0.295 e. The lowest BCUT2D eigenvalue weighted by atomic mass is 10.1. The highest BCUT2D eigenvalue weighted by Gasteiger charge is 2.22. The highest BCUT2D eigenvalue weighted by Crippen LogP contribution is 2.17. The first kappa shape index (κ1) is 8.69. The van der Waals surface area contributed by atoms with Gasteiger partial charge in [-0.05, 0) is 13.8 Å². The Bertz CT molecular complexity index is 303. The van der Waals surface area contributed by atoms with Crippen molar-refractivity contribution in [3.8, 4) is 0 Å². The van der Waals surface area contributed by atoms with Crippen LogP contribution in [-0.4, -0.2) is 32.5 Å². The minimum atomic E-state index is 0.607. The largest absolute Gasteiger partial charge is 0.295 e. The van der Waals surface area contributed by atoms with Gasteiger partial charge in [0.15, 0.2) is 0 Å². The molecular formula is C9H16N4. The van der Waals surface area contributed by atoms with Crippen molar-refractivity contribution in [3.63, 3.8) is 0 Å². The predicted molar refractivity (Wildman–Crippen MR) is 50.3 cm³/mol. The first-order valence-electron chi connectivity index (χ1n) is 4.80. The van der Waals surface area contributed by atoms with Gasteiger partial charge in [0.1, 0.15) is 0 Å². The van der Waals surface area contributed by atoms with Crippen molar-refractivity contribution in [2.75, 3.05) is 6.54 Å². The number of fused-ring (bicyclic) bond motifs is 1. The first-order valence-corrected chi connectivity index (χ1v) is 4.80. The Morgan fingerprint density at radius 1 is 1.38 bits per heavy atom. The van der Waals surface area contributed by atoms with Crippen molar-refractivity contribution in [3.05, 3.63) is 11.4 Å². The lowest BCUT2D eigenvalue weighted by Crippen LogP contribution is -2.36. The van der Waals surface area contributed by atoms with Crippen LogP contribution in [0.3, 0.4) is 0 Å². The molecule has 0 saturated heterocycles. The van der Waals surface area contributed by atoms with E-state index >= 15 is 0 Å². The molecule has 0 saturated carbocycles. The number of rotatable bonds is 1. The zero-order chi connectivity index (χ0) is 9.42. The third kappa shape index (κ3) is 1.46. The van der Waals surface area contributed by atoms with E-state index in [1.807, 2.05) is 11.7 Å². The van der Waals surface area contributed by atoms with Crippen molar-refractivity contribution in [2.24, 2.45) is 7.05 Å². The van der Waals surface area contributed by atoms with E-state index in [1.54, 1.807) is 0 Å². The van der Waals surface area contributed by atoms with Crippen LogP contribution in [0.2, 0.25) is 0 Å². The van der Waals surface area contributed by atoms with Crippen LogP contribution in [0, 0.1) is 0 Å². The number of hydrogen-bond donors (Lipinski definition) is 0. The first-order chi connectivity index (χ1) is 6.18. The van der Waals surface area contributed by atoms with E-state index in [2.05, 4.69) is 29.1 Å². The van der Waals surface area contributed by atoms with Crippen LogP contribution in [0.1, 0.15) is 25.2 Å². The summed E-state index contributed by atoms with van der Waals surface area (Å²) in [6.45, 7) is 6.54. The molecule has 0 fully saturated rings. The molecule has 4 heteroatoms. The van der Waals surface area contributed by atoms with Crippen LogP contribution >= 0.6 is 0 Å². The van der Waals surface area contributed by atoms with Gasteiger partial charge in [0.25, 0.3) is 0 Å². The van der Waals surface area contributed by atoms with Crippen molar-refractivity contribution < 1.29 is 0 Å². The van der Waals surface area contributed by atoms with Crippen LogP contribution in [-0.2, 0) is 20.0 Å². The number of aryl methyl sites for hydroxylation is 1. The Labute approximate surface area is 78.5 Å². The molecule has 4 nitrogen and oxygen atoms in total. The zero-order valence-electron chi connectivity index (χ0n) is 8.49. The number of aromatic nitrogens is 3. The molecule has 0 aromatic carbocycles. The molecule has 1 aromatic heterocycles. The van der Waals surface area contributed by atoms with Crippen LogP contribution in [0.15, 0.2) is 0 Å². The van der Waals surface area contributed by atoms with Gasteiger partial charge in [0, 0.05) is 32.6 Å². The third-order valence-corrected chi connectivity index (χ3v) is 2.74. The fourth-order valence-corrected chi connectivity index (χ4v) is 1.81. The summed E-state index contributed by atoms with van der Waals surface area (Å²) in [6.07, 6.45) is 1.08. The predicted octanol–water partition coefficient (Wildman–Crippen LogP) is 0.582. The van der Waals surface area contributed by atoms with E-state index in [1.165, 1.54) is 5.69 Å². The van der Waals surface area contributed by atoms with E-state index in [0.29, 0.717) is 6.04 Å². The van der Waals surface area contributed by atoms with Crippen LogP contribution in [0.25, 0.3) is 0 Å². The van der Waals surface area contributed by atoms with Crippen LogP contribution in [0.4, 0.5) is 0 Å². The van der Waals surface area contributed by atoms with Crippen LogP contribution in [0.5, 0.6) is 0 Å². The van der Waals surface area contributed by atoms with Gasteiger partial charge in [-0.15, -0.1) is 5.10 Å². The summed E-state index contributed by atoms with van der Waals surface area (Å²) in [5.74, 6) is 0. The molecule has 1 aromatic rings. The molecular weight excluding hydrogens is 164 g/mol. The maximum Gasteiger partial charge on any atom is 0.0999 e. The topological polar surface area (TPSA) is 34.0 Å². The van der Waals surface area contributed by atoms with Crippen molar-refractivity contribution in [1.29, 1.82) is 0 Å². The summed E-state index contributed by atoms with van der Waals surface area (Å²) in [7, 11) is 1.97. The fourth-order valence-electron chi connectivity index (χ4n) is 1.81. The second-order valence-electron chi connectivity index (χ2n) is 3.92. The van der Waals surface area contributed by atoms with E-state index in [0.717, 1.165) is 25.2 Å². The van der Waals surface area contributed by atoms with Gasteiger partial charge in [-0.1, -0.05) is 5.21 Å². The molecule has 1 aliphatic heterocycles. The standard InChI is InChI=1S/C9H16N4/c1-7(2)13-5-4-9-8(6-13)10-11-12(9)3/h7H,4-6H2,1-3H3. The molecule has 0 bridgehead atoms. The molecule has 0 atom stereocenters. The third-order valence-electron chi connectivity index (χ3n) is 2.74. The van der Waals surface area contributed by atoms with Gasteiger partial charge in [-0.2, -0.15) is 0 Å². The summed E-state index contributed by atoms with van der Waals surface area (Å²) in [4.78, 5) is 2.43. The van der Waals surface area contributed by atoms with Crippen molar-refractivity contribution in [2.45, 2.75) is 32.9 Å². The molecule has 0 spiro atoms. The molecule has 0 unspecified atom stereocenters. The summed E-state index contributed by atoms with van der Waals surface area (Å²) in [5.41, 5.74) is 2.46. The van der Waals surface area contributed by atoms with Gasteiger partial charge in [-0.3, -0.25) is 9.58 Å². The van der Waals surface area contributed by atoms with Gasteiger partial charge in [0.05, 0.1) is 11.4 Å². The normalized spacial score (nSPS) is 17.8. The lowest BCUT2D eigenvalue weighted by molar-refractivity contribution is 0.199. The van der Waals surface area contributed by atoms with Crippen molar-refractivity contribution in [1.82, 2.24) is 19.9 Å². The Balaban J connectivity index is 2.21. The van der Waals surface area contributed by atoms with Crippen molar-refractivity contribution >= 4 is 0 Å². The number of nitrogens with zero attached hydrogens (tertiary/aromatic N) is 4. The average Bonchev–Trinajstić information content (AvgIpc) is 2.47. The summed E-state index contributed by atoms with van der Waals surface area (Å²) >= 11 is 0. The van der Waals surface area contributed by atoms with Gasteiger partial charge in [0.2, 0.25) is 0 Å². The Hall–Kier alpha value is -0.900. The molecule has 72 valence electrons.